The van der Waals surface area contributed by atoms with E-state index < -0.39 is 28.9 Å². The maximum absolute atomic E-state index is 13.2. The van der Waals surface area contributed by atoms with Gasteiger partial charge >= 0.3 is 12.1 Å². The number of ether oxygens (including phenoxy) is 2. The number of nitrogens with zero attached hydrogens (tertiary/aromatic N) is 1. The summed E-state index contributed by atoms with van der Waals surface area (Å²) in [5.74, 6) is -1.24. The first-order chi connectivity index (χ1) is 12.2. The molecule has 0 radical (unpaired) electrons. The van der Waals surface area contributed by atoms with Gasteiger partial charge in [-0.25, -0.2) is 4.79 Å². The van der Waals surface area contributed by atoms with Crippen molar-refractivity contribution in [2.75, 3.05) is 13.2 Å². The highest BCUT2D eigenvalue weighted by molar-refractivity contribution is 6.30. The minimum atomic E-state index is -4.82. The minimum Gasteiger partial charge on any atom is -0.475 e. The highest BCUT2D eigenvalue weighted by atomic mass is 35.5. The quantitative estimate of drug-likeness (QED) is 0.303. The summed E-state index contributed by atoms with van der Waals surface area (Å²) in [6, 6.07) is 4.02. The SMILES string of the molecule is O=C(OCCCCO[N+](=O)[O-])C1=Cc2cc(Cl)ccc2OC1C(F)(F)F. The van der Waals surface area contributed by atoms with Crippen molar-refractivity contribution >= 4 is 23.6 Å². The summed E-state index contributed by atoms with van der Waals surface area (Å²) in [7, 11) is 0. The van der Waals surface area contributed by atoms with Crippen LogP contribution in [0.3, 0.4) is 0 Å². The Bertz CT molecular complexity index is 722. The number of carbonyl (C=O) groups is 1. The number of alkyl halides is 3. The van der Waals surface area contributed by atoms with Crippen LogP contribution in [-0.2, 0) is 14.4 Å². The predicted molar refractivity (Wildman–Crippen MR) is 83.0 cm³/mol. The fraction of sp³-hybridized carbons (Fsp3) is 0.400. The molecule has 2 rings (SSSR count). The topological polar surface area (TPSA) is 87.9 Å². The summed E-state index contributed by atoms with van der Waals surface area (Å²) >= 11 is 5.80. The van der Waals surface area contributed by atoms with E-state index in [1.54, 1.807) is 0 Å². The Kier molecular flexibility index (Phi) is 6.30. The van der Waals surface area contributed by atoms with Gasteiger partial charge in [0.05, 0.1) is 18.8 Å². The summed E-state index contributed by atoms with van der Waals surface area (Å²) < 4.78 is 49.4. The molecule has 0 N–H and O–H groups in total. The second kappa shape index (κ2) is 8.26. The van der Waals surface area contributed by atoms with Gasteiger partial charge in [0, 0.05) is 10.6 Å². The predicted octanol–water partition coefficient (Wildman–Crippen LogP) is 3.58. The lowest BCUT2D eigenvalue weighted by Gasteiger charge is -2.27. The number of benzene rings is 1. The molecule has 142 valence electrons. The standard InChI is InChI=1S/C15H13ClF3NO6/c16-10-3-4-12-9(7-10)8-11(13(26-12)15(17,18)19)14(21)24-5-1-2-6-25-20(22)23/h3-4,7-8,13H,1-2,5-6H2. The second-order valence-corrected chi connectivity index (χ2v) is 5.66. The van der Waals surface area contributed by atoms with Crippen molar-refractivity contribution in [3.63, 3.8) is 0 Å². The highest BCUT2D eigenvalue weighted by Crippen LogP contribution is 2.38. The van der Waals surface area contributed by atoms with Crippen molar-refractivity contribution < 1.29 is 37.4 Å². The molecule has 0 aliphatic carbocycles. The van der Waals surface area contributed by atoms with Crippen LogP contribution in [0.15, 0.2) is 23.8 Å². The van der Waals surface area contributed by atoms with Crippen molar-refractivity contribution in [2.45, 2.75) is 25.1 Å². The van der Waals surface area contributed by atoms with E-state index in [0.29, 0.717) is 0 Å². The van der Waals surface area contributed by atoms with Gasteiger partial charge in [-0.05, 0) is 37.1 Å². The summed E-state index contributed by atoms with van der Waals surface area (Å²) in [4.78, 5) is 26.1. The third kappa shape index (κ3) is 5.25. The van der Waals surface area contributed by atoms with Crippen LogP contribution < -0.4 is 4.74 Å². The third-order valence-corrected chi connectivity index (χ3v) is 3.55. The zero-order valence-electron chi connectivity index (χ0n) is 13.1. The normalized spacial score (nSPS) is 16.2. The summed E-state index contributed by atoms with van der Waals surface area (Å²) in [5, 5.41) is 9.27. The van der Waals surface area contributed by atoms with Gasteiger partial charge in [0.25, 0.3) is 5.09 Å². The van der Waals surface area contributed by atoms with E-state index in [9.17, 15) is 28.1 Å². The van der Waals surface area contributed by atoms with Crippen LogP contribution >= 0.6 is 11.6 Å². The number of halogens is 4. The van der Waals surface area contributed by atoms with Crippen molar-refractivity contribution in [3.8, 4) is 5.75 Å². The molecule has 1 aliphatic rings. The molecule has 26 heavy (non-hydrogen) atoms. The number of unbranched alkanes of at least 4 members (excludes halogenated alkanes) is 1. The summed E-state index contributed by atoms with van der Waals surface area (Å²) in [5.41, 5.74) is -0.474. The molecule has 0 saturated heterocycles. The van der Waals surface area contributed by atoms with E-state index in [4.69, 9.17) is 21.1 Å². The average molecular weight is 396 g/mol. The maximum Gasteiger partial charge on any atom is 0.430 e. The van der Waals surface area contributed by atoms with Crippen molar-refractivity contribution in [2.24, 2.45) is 0 Å². The van der Waals surface area contributed by atoms with Gasteiger partial charge < -0.3 is 14.3 Å². The van der Waals surface area contributed by atoms with Crippen LogP contribution in [0.5, 0.6) is 5.75 Å². The van der Waals surface area contributed by atoms with Gasteiger partial charge in [-0.2, -0.15) is 13.2 Å². The van der Waals surface area contributed by atoms with E-state index in [1.807, 2.05) is 0 Å². The molecule has 0 bridgehead atoms. The molecule has 0 amide bonds. The van der Waals surface area contributed by atoms with Crippen LogP contribution in [-0.4, -0.2) is 36.5 Å². The number of esters is 1. The second-order valence-electron chi connectivity index (χ2n) is 5.22. The molecule has 0 saturated carbocycles. The smallest absolute Gasteiger partial charge is 0.430 e. The molecular formula is C15H13ClF3NO6. The Labute approximate surface area is 150 Å². The highest BCUT2D eigenvalue weighted by Gasteiger charge is 2.48. The average Bonchev–Trinajstić information content (AvgIpc) is 2.55. The molecule has 1 aromatic carbocycles. The third-order valence-electron chi connectivity index (χ3n) is 3.31. The molecule has 1 unspecified atom stereocenters. The number of rotatable bonds is 7. The van der Waals surface area contributed by atoms with Crippen LogP contribution in [0.4, 0.5) is 13.2 Å². The first-order valence-electron chi connectivity index (χ1n) is 7.37. The van der Waals surface area contributed by atoms with Gasteiger partial charge in [-0.3, -0.25) is 0 Å². The van der Waals surface area contributed by atoms with E-state index in [0.717, 1.165) is 6.08 Å². The number of fused-ring (bicyclic) bond motifs is 1. The van der Waals surface area contributed by atoms with Crippen LogP contribution in [0, 0.1) is 10.1 Å². The molecule has 1 atom stereocenters. The first kappa shape index (κ1) is 19.8. The number of hydrogen-bond acceptors (Lipinski definition) is 6. The molecule has 1 heterocycles. The Morgan fingerprint density at radius 2 is 2.00 bits per heavy atom. The lowest BCUT2D eigenvalue weighted by atomic mass is 10.0. The molecule has 11 heteroatoms. The molecule has 1 aromatic rings. The Morgan fingerprint density at radius 3 is 2.65 bits per heavy atom. The molecule has 0 fully saturated rings. The van der Waals surface area contributed by atoms with Gasteiger partial charge in [0.1, 0.15) is 5.75 Å². The van der Waals surface area contributed by atoms with Crippen LogP contribution in [0.1, 0.15) is 18.4 Å². The van der Waals surface area contributed by atoms with Crippen molar-refractivity contribution in [3.05, 3.63) is 44.5 Å². The van der Waals surface area contributed by atoms with Crippen LogP contribution in [0.25, 0.3) is 6.08 Å². The van der Waals surface area contributed by atoms with Crippen molar-refractivity contribution in [1.29, 1.82) is 0 Å². The lowest BCUT2D eigenvalue weighted by Crippen LogP contribution is -2.40. The maximum atomic E-state index is 13.2. The monoisotopic (exact) mass is 395 g/mol. The zero-order chi connectivity index (χ0) is 19.3. The fourth-order valence-electron chi connectivity index (χ4n) is 2.17. The van der Waals surface area contributed by atoms with Gasteiger partial charge in [0.15, 0.2) is 0 Å². The zero-order valence-corrected chi connectivity index (χ0v) is 13.9. The van der Waals surface area contributed by atoms with E-state index in [2.05, 4.69) is 4.84 Å². The number of carbonyl (C=O) groups excluding carboxylic acids is 1. The Balaban J connectivity index is 2.05. The minimum absolute atomic E-state index is 0.0507. The molecule has 0 aromatic heterocycles. The fourth-order valence-corrected chi connectivity index (χ4v) is 2.35. The summed E-state index contributed by atoms with van der Waals surface area (Å²) in [6.45, 7) is -0.419. The first-order valence-corrected chi connectivity index (χ1v) is 7.75. The van der Waals surface area contributed by atoms with Gasteiger partial charge in [0.2, 0.25) is 6.10 Å². The molecular weight excluding hydrogens is 383 g/mol. The van der Waals surface area contributed by atoms with E-state index >= 15 is 0 Å². The summed E-state index contributed by atoms with van der Waals surface area (Å²) in [6.07, 6.45) is -5.86. The van der Waals surface area contributed by atoms with Crippen molar-refractivity contribution in [1.82, 2.24) is 0 Å². The Hall–Kier alpha value is -2.49. The molecule has 7 nitrogen and oxygen atoms in total. The number of hydrogen-bond donors (Lipinski definition) is 0. The van der Waals surface area contributed by atoms with E-state index in [-0.39, 0.29) is 42.4 Å². The molecule has 0 spiro atoms. The molecule has 1 aliphatic heterocycles. The Morgan fingerprint density at radius 1 is 1.31 bits per heavy atom. The largest absolute Gasteiger partial charge is 0.475 e. The van der Waals surface area contributed by atoms with E-state index in [1.165, 1.54) is 18.2 Å². The van der Waals surface area contributed by atoms with Gasteiger partial charge in [-0.15, -0.1) is 10.1 Å². The van der Waals surface area contributed by atoms with Crippen LogP contribution in [0.2, 0.25) is 5.02 Å². The van der Waals surface area contributed by atoms with Gasteiger partial charge in [-0.1, -0.05) is 11.6 Å². The lowest BCUT2D eigenvalue weighted by molar-refractivity contribution is -0.757.